The molecule has 1 aliphatic carbocycles. The number of benzene rings is 1. The monoisotopic (exact) mass is 429 g/mol. The third-order valence-corrected chi connectivity index (χ3v) is 7.24. The van der Waals surface area contributed by atoms with Crippen molar-refractivity contribution in [3.63, 3.8) is 0 Å². The molecule has 8 nitrogen and oxygen atoms in total. The predicted molar refractivity (Wildman–Crippen MR) is 112 cm³/mol. The summed E-state index contributed by atoms with van der Waals surface area (Å²) in [6, 6.07) is 4.36. The van der Waals surface area contributed by atoms with Gasteiger partial charge in [0.25, 0.3) is 5.69 Å². The van der Waals surface area contributed by atoms with Crippen LogP contribution < -0.4 is 9.62 Å². The molecule has 1 saturated carbocycles. The number of nitrogens with zero attached hydrogens (tertiary/aromatic N) is 2. The van der Waals surface area contributed by atoms with E-state index in [0.717, 1.165) is 16.3 Å². The fourth-order valence-electron chi connectivity index (χ4n) is 3.38. The Bertz CT molecular complexity index is 794. The number of hydrogen-bond acceptors (Lipinski definition) is 6. The minimum absolute atomic E-state index is 0.110. The Morgan fingerprint density at radius 1 is 1.39 bits per heavy atom. The molecule has 0 radical (unpaired) electrons. The van der Waals surface area contributed by atoms with Gasteiger partial charge >= 0.3 is 0 Å². The quantitative estimate of drug-likeness (QED) is 0.348. The van der Waals surface area contributed by atoms with Crippen LogP contribution in [0.4, 0.5) is 11.4 Å². The normalized spacial score (nSPS) is 15.9. The van der Waals surface area contributed by atoms with Gasteiger partial charge in [-0.15, -0.1) is 0 Å². The number of amides is 1. The van der Waals surface area contributed by atoms with Crippen LogP contribution in [0.3, 0.4) is 0 Å². The highest BCUT2D eigenvalue weighted by Gasteiger charge is 2.32. The summed E-state index contributed by atoms with van der Waals surface area (Å²) in [5.74, 6) is 0.383. The van der Waals surface area contributed by atoms with Crippen molar-refractivity contribution >= 4 is 39.1 Å². The van der Waals surface area contributed by atoms with E-state index >= 15 is 0 Å². The van der Waals surface area contributed by atoms with Crippen molar-refractivity contribution in [3.05, 3.63) is 34.4 Å². The number of rotatable bonds is 10. The van der Waals surface area contributed by atoms with E-state index in [9.17, 15) is 23.3 Å². The molecule has 0 aromatic heterocycles. The van der Waals surface area contributed by atoms with E-state index in [-0.39, 0.29) is 17.8 Å². The Kier molecular flexibility index (Phi) is 8.11. The minimum Gasteiger partial charge on any atom is -0.353 e. The summed E-state index contributed by atoms with van der Waals surface area (Å²) in [6.07, 6.45) is 6.19. The molecule has 0 bridgehead atoms. The largest absolute Gasteiger partial charge is 0.353 e. The van der Waals surface area contributed by atoms with Gasteiger partial charge in [0.2, 0.25) is 15.9 Å². The van der Waals surface area contributed by atoms with Gasteiger partial charge in [-0.1, -0.05) is 25.8 Å². The first kappa shape index (κ1) is 22.5. The van der Waals surface area contributed by atoms with Crippen LogP contribution in [-0.4, -0.2) is 49.1 Å². The van der Waals surface area contributed by atoms with Crippen molar-refractivity contribution in [3.8, 4) is 0 Å². The number of carbonyl (C=O) groups excluding carboxylic acids is 1. The maximum atomic E-state index is 12.7. The topological polar surface area (TPSA) is 110 Å². The van der Waals surface area contributed by atoms with E-state index in [1.165, 1.54) is 49.9 Å². The zero-order valence-electron chi connectivity index (χ0n) is 16.2. The summed E-state index contributed by atoms with van der Waals surface area (Å²) in [4.78, 5) is 23.1. The Hall–Kier alpha value is -1.81. The van der Waals surface area contributed by atoms with Gasteiger partial charge in [0.05, 0.1) is 16.9 Å². The summed E-state index contributed by atoms with van der Waals surface area (Å²) in [5.41, 5.74) is -0.117. The van der Waals surface area contributed by atoms with E-state index in [1.807, 2.05) is 11.8 Å². The molecule has 1 aromatic rings. The van der Waals surface area contributed by atoms with Gasteiger partial charge in [0, 0.05) is 29.7 Å². The second kappa shape index (κ2) is 10.1. The zero-order valence-corrected chi connectivity index (χ0v) is 17.8. The van der Waals surface area contributed by atoms with Crippen molar-refractivity contribution in [2.45, 2.75) is 50.3 Å². The van der Waals surface area contributed by atoms with Gasteiger partial charge in [-0.05, 0) is 25.3 Å². The fraction of sp³-hybridized carbons (Fsp3) is 0.611. The number of sulfonamides is 1. The third kappa shape index (κ3) is 6.10. The minimum atomic E-state index is -3.82. The van der Waals surface area contributed by atoms with Crippen molar-refractivity contribution in [1.29, 1.82) is 0 Å². The highest BCUT2D eigenvalue weighted by Crippen LogP contribution is 2.29. The number of non-ortho nitro benzene ring substituents is 1. The molecule has 2 rings (SSSR count). The van der Waals surface area contributed by atoms with E-state index in [2.05, 4.69) is 5.32 Å². The van der Waals surface area contributed by atoms with Crippen LogP contribution in [0.1, 0.15) is 39.0 Å². The molecule has 0 aliphatic heterocycles. The smallest absolute Gasteiger partial charge is 0.271 e. The lowest BCUT2D eigenvalue weighted by Crippen LogP contribution is -2.49. The summed E-state index contributed by atoms with van der Waals surface area (Å²) in [7, 11) is -3.82. The molecule has 0 heterocycles. The maximum absolute atomic E-state index is 12.7. The average molecular weight is 430 g/mol. The van der Waals surface area contributed by atoms with Gasteiger partial charge in [-0.25, -0.2) is 8.42 Å². The van der Waals surface area contributed by atoms with Crippen molar-refractivity contribution in [1.82, 2.24) is 5.32 Å². The van der Waals surface area contributed by atoms with Gasteiger partial charge in [-0.2, -0.15) is 11.8 Å². The molecule has 28 heavy (non-hydrogen) atoms. The lowest BCUT2D eigenvalue weighted by atomic mass is 10.2. The van der Waals surface area contributed by atoms with Crippen LogP contribution in [0.5, 0.6) is 0 Å². The van der Waals surface area contributed by atoms with E-state index in [4.69, 9.17) is 0 Å². The highest BCUT2D eigenvalue weighted by molar-refractivity contribution is 7.99. The molecule has 1 fully saturated rings. The molecular weight excluding hydrogens is 402 g/mol. The number of nitrogens with one attached hydrogen (secondary N) is 1. The SMILES string of the molecule is CCC(C(=O)NCCSC1CCCC1)N(c1cccc([N+](=O)[O-])c1)S(C)(=O)=O. The third-order valence-electron chi connectivity index (χ3n) is 4.68. The van der Waals surface area contributed by atoms with Crippen LogP contribution >= 0.6 is 11.8 Å². The van der Waals surface area contributed by atoms with Crippen molar-refractivity contribution in [2.75, 3.05) is 22.9 Å². The second-order valence-electron chi connectivity index (χ2n) is 6.83. The molecule has 1 unspecified atom stereocenters. The first-order chi connectivity index (χ1) is 13.2. The molecule has 10 heteroatoms. The zero-order chi connectivity index (χ0) is 20.7. The van der Waals surface area contributed by atoms with Crippen molar-refractivity contribution in [2.24, 2.45) is 0 Å². The highest BCUT2D eigenvalue weighted by atomic mass is 32.2. The molecule has 156 valence electrons. The van der Waals surface area contributed by atoms with Crippen LogP contribution in [-0.2, 0) is 14.8 Å². The van der Waals surface area contributed by atoms with Gasteiger partial charge in [0.1, 0.15) is 6.04 Å². The summed E-state index contributed by atoms with van der Waals surface area (Å²) < 4.78 is 25.8. The summed E-state index contributed by atoms with van der Waals surface area (Å²) in [6.45, 7) is 2.18. The van der Waals surface area contributed by atoms with Gasteiger partial charge in [0.15, 0.2) is 0 Å². The Morgan fingerprint density at radius 2 is 2.07 bits per heavy atom. The van der Waals surface area contributed by atoms with E-state index in [1.54, 1.807) is 6.92 Å². The number of nitro benzene ring substituents is 1. The predicted octanol–water partition coefficient (Wildman–Crippen LogP) is 2.93. The second-order valence-corrected chi connectivity index (χ2v) is 10.1. The van der Waals surface area contributed by atoms with Crippen LogP contribution in [0.2, 0.25) is 0 Å². The average Bonchev–Trinajstić information content (AvgIpc) is 3.15. The molecule has 0 spiro atoms. The summed E-state index contributed by atoms with van der Waals surface area (Å²) in [5, 5.41) is 14.5. The lowest BCUT2D eigenvalue weighted by molar-refractivity contribution is -0.384. The Morgan fingerprint density at radius 3 is 2.64 bits per heavy atom. The molecule has 1 aliphatic rings. The van der Waals surface area contributed by atoms with Crippen molar-refractivity contribution < 1.29 is 18.1 Å². The summed E-state index contributed by atoms with van der Waals surface area (Å²) >= 11 is 1.84. The maximum Gasteiger partial charge on any atom is 0.271 e. The molecular formula is C18H27N3O5S2. The first-order valence-corrected chi connectivity index (χ1v) is 12.3. The molecule has 0 saturated heterocycles. The van der Waals surface area contributed by atoms with Gasteiger partial charge < -0.3 is 5.32 Å². The van der Waals surface area contributed by atoms with Gasteiger partial charge in [-0.3, -0.25) is 19.2 Å². The van der Waals surface area contributed by atoms with Crippen LogP contribution in [0.15, 0.2) is 24.3 Å². The van der Waals surface area contributed by atoms with Crippen LogP contribution in [0.25, 0.3) is 0 Å². The molecule has 1 N–H and O–H groups in total. The lowest BCUT2D eigenvalue weighted by Gasteiger charge is -2.30. The molecule has 1 atom stereocenters. The number of anilines is 1. The molecule has 1 aromatic carbocycles. The standard InChI is InChI=1S/C18H27N3O5S2/c1-3-17(18(22)19-11-12-27-16-9-4-5-10-16)20(28(2,25)26)14-7-6-8-15(13-14)21(23)24/h6-8,13,16-17H,3-5,9-12H2,1-2H3,(H,19,22). The van der Waals surface area contributed by atoms with E-state index in [0.29, 0.717) is 11.8 Å². The Labute approximate surface area is 170 Å². The first-order valence-electron chi connectivity index (χ1n) is 9.37. The number of nitro groups is 1. The molecule has 1 amide bonds. The Balaban J connectivity index is 2.10. The fourth-order valence-corrected chi connectivity index (χ4v) is 5.80. The number of carbonyl (C=O) groups is 1. The van der Waals surface area contributed by atoms with Crippen LogP contribution in [0, 0.1) is 10.1 Å². The number of hydrogen-bond donors (Lipinski definition) is 1. The number of thioether (sulfide) groups is 1. The van der Waals surface area contributed by atoms with E-state index < -0.39 is 26.9 Å².